The molecule has 0 bridgehead atoms. The number of hydrogen-bond acceptors (Lipinski definition) is 2. The Morgan fingerprint density at radius 1 is 1.24 bits per heavy atom. The normalized spacial score (nSPS) is 26.1. The third-order valence-corrected chi connectivity index (χ3v) is 4.30. The number of hydrogen-bond donors (Lipinski definition) is 1. The smallest absolute Gasteiger partial charge is 0.223 e. The first-order valence-corrected chi connectivity index (χ1v) is 7.31. The molecule has 3 heteroatoms. The molecule has 0 spiro atoms. The van der Waals surface area contributed by atoms with E-state index in [-0.39, 0.29) is 0 Å². The average molecular weight is 238 g/mol. The van der Waals surface area contributed by atoms with Gasteiger partial charge in [-0.2, -0.15) is 0 Å². The number of nitrogens with one attached hydrogen (secondary N) is 1. The van der Waals surface area contributed by atoms with Gasteiger partial charge in [0.2, 0.25) is 5.91 Å². The molecule has 1 aliphatic carbocycles. The van der Waals surface area contributed by atoms with Gasteiger partial charge in [0.05, 0.1) is 0 Å². The summed E-state index contributed by atoms with van der Waals surface area (Å²) in [6.07, 6.45) is 8.35. The van der Waals surface area contributed by atoms with E-state index < -0.39 is 0 Å². The average Bonchev–Trinajstić information content (AvgIpc) is 2.84. The second-order valence-corrected chi connectivity index (χ2v) is 5.53. The van der Waals surface area contributed by atoms with Crippen LogP contribution in [0.3, 0.4) is 0 Å². The van der Waals surface area contributed by atoms with Gasteiger partial charge in [0, 0.05) is 19.0 Å². The quantitative estimate of drug-likeness (QED) is 0.814. The lowest BCUT2D eigenvalue weighted by atomic mass is 9.93. The van der Waals surface area contributed by atoms with Crippen molar-refractivity contribution in [1.82, 2.24) is 10.2 Å². The van der Waals surface area contributed by atoms with Crippen LogP contribution in [-0.2, 0) is 4.79 Å². The van der Waals surface area contributed by atoms with E-state index in [0.29, 0.717) is 17.9 Å². The standard InChI is InChI=1S/C14H26N2O/c1-2-16(13-6-4-3-5-7-13)14(17)10-12-8-9-15-11-12/h12-13,15H,2-11H2,1H3. The van der Waals surface area contributed by atoms with E-state index in [1.54, 1.807) is 0 Å². The molecule has 3 nitrogen and oxygen atoms in total. The summed E-state index contributed by atoms with van der Waals surface area (Å²) in [6.45, 7) is 5.14. The summed E-state index contributed by atoms with van der Waals surface area (Å²) in [5.74, 6) is 0.980. The Balaban J connectivity index is 1.84. The van der Waals surface area contributed by atoms with Crippen molar-refractivity contribution in [3.05, 3.63) is 0 Å². The third kappa shape index (κ3) is 3.44. The summed E-state index contributed by atoms with van der Waals surface area (Å²) >= 11 is 0. The predicted molar refractivity (Wildman–Crippen MR) is 69.9 cm³/mol. The summed E-state index contributed by atoms with van der Waals surface area (Å²) < 4.78 is 0. The van der Waals surface area contributed by atoms with Crippen LogP contribution in [0.25, 0.3) is 0 Å². The van der Waals surface area contributed by atoms with E-state index in [1.807, 2.05) is 0 Å². The number of carbonyl (C=O) groups excluding carboxylic acids is 1. The zero-order valence-corrected chi connectivity index (χ0v) is 11.1. The first-order valence-electron chi connectivity index (χ1n) is 7.31. The summed E-state index contributed by atoms with van der Waals surface area (Å²) in [5, 5.41) is 3.34. The SMILES string of the molecule is CCN(C(=O)CC1CCNC1)C1CCCCC1. The third-order valence-electron chi connectivity index (χ3n) is 4.30. The van der Waals surface area contributed by atoms with Crippen molar-refractivity contribution >= 4 is 5.91 Å². The first-order chi connectivity index (χ1) is 8.31. The fourth-order valence-electron chi connectivity index (χ4n) is 3.28. The lowest BCUT2D eigenvalue weighted by molar-refractivity contribution is -0.134. The minimum Gasteiger partial charge on any atom is -0.340 e. The van der Waals surface area contributed by atoms with Crippen molar-refractivity contribution in [2.24, 2.45) is 5.92 Å². The van der Waals surface area contributed by atoms with Crippen LogP contribution in [0.4, 0.5) is 0 Å². The molecule has 2 rings (SSSR count). The molecule has 1 heterocycles. The van der Waals surface area contributed by atoms with E-state index in [4.69, 9.17) is 0 Å². The highest BCUT2D eigenvalue weighted by Crippen LogP contribution is 2.24. The molecule has 1 aliphatic heterocycles. The van der Waals surface area contributed by atoms with Gasteiger partial charge in [-0.25, -0.2) is 0 Å². The van der Waals surface area contributed by atoms with Gasteiger partial charge < -0.3 is 10.2 Å². The lowest BCUT2D eigenvalue weighted by Crippen LogP contribution is -2.42. The van der Waals surface area contributed by atoms with Gasteiger partial charge in [-0.3, -0.25) is 4.79 Å². The van der Waals surface area contributed by atoms with Gasteiger partial charge in [-0.15, -0.1) is 0 Å². The molecular weight excluding hydrogens is 212 g/mol. The Morgan fingerprint density at radius 2 is 2.00 bits per heavy atom. The zero-order valence-electron chi connectivity index (χ0n) is 11.1. The molecule has 1 atom stereocenters. The highest BCUT2D eigenvalue weighted by Gasteiger charge is 2.26. The van der Waals surface area contributed by atoms with E-state index in [2.05, 4.69) is 17.1 Å². The van der Waals surface area contributed by atoms with Crippen molar-refractivity contribution in [2.45, 2.75) is 57.9 Å². The zero-order chi connectivity index (χ0) is 12.1. The van der Waals surface area contributed by atoms with Crippen LogP contribution in [0.1, 0.15) is 51.9 Å². The van der Waals surface area contributed by atoms with Crippen molar-refractivity contribution in [1.29, 1.82) is 0 Å². The molecule has 2 fully saturated rings. The van der Waals surface area contributed by atoms with Crippen LogP contribution in [0.15, 0.2) is 0 Å². The number of carbonyl (C=O) groups is 1. The minimum absolute atomic E-state index is 0.396. The maximum atomic E-state index is 12.3. The second-order valence-electron chi connectivity index (χ2n) is 5.53. The maximum absolute atomic E-state index is 12.3. The Bertz CT molecular complexity index is 243. The highest BCUT2D eigenvalue weighted by atomic mass is 16.2. The van der Waals surface area contributed by atoms with E-state index >= 15 is 0 Å². The molecule has 1 saturated heterocycles. The molecular formula is C14H26N2O. The molecule has 2 aliphatic rings. The summed E-state index contributed by atoms with van der Waals surface area (Å²) in [6, 6.07) is 0.538. The van der Waals surface area contributed by atoms with Gasteiger partial charge in [-0.1, -0.05) is 19.3 Å². The number of rotatable bonds is 4. The molecule has 0 aromatic heterocycles. The Labute approximate surface area is 105 Å². The van der Waals surface area contributed by atoms with Gasteiger partial charge in [0.1, 0.15) is 0 Å². The van der Waals surface area contributed by atoms with Crippen LogP contribution in [0, 0.1) is 5.92 Å². The predicted octanol–water partition coefficient (Wildman–Crippen LogP) is 2.17. The maximum Gasteiger partial charge on any atom is 0.223 e. The van der Waals surface area contributed by atoms with E-state index in [0.717, 1.165) is 26.1 Å². The molecule has 0 aromatic carbocycles. The highest BCUT2D eigenvalue weighted by molar-refractivity contribution is 5.76. The lowest BCUT2D eigenvalue weighted by Gasteiger charge is -2.34. The summed E-state index contributed by atoms with van der Waals surface area (Å²) in [5.41, 5.74) is 0. The van der Waals surface area contributed by atoms with Crippen LogP contribution in [0.5, 0.6) is 0 Å². The Kier molecular flexibility index (Phi) is 4.84. The van der Waals surface area contributed by atoms with Crippen LogP contribution >= 0.6 is 0 Å². The fourth-order valence-corrected chi connectivity index (χ4v) is 3.28. The first kappa shape index (κ1) is 12.9. The van der Waals surface area contributed by atoms with Crippen molar-refractivity contribution in [3.63, 3.8) is 0 Å². The molecule has 0 radical (unpaired) electrons. The molecule has 1 unspecified atom stereocenters. The Morgan fingerprint density at radius 3 is 2.59 bits per heavy atom. The van der Waals surface area contributed by atoms with Crippen molar-refractivity contribution in [3.8, 4) is 0 Å². The van der Waals surface area contributed by atoms with Crippen LogP contribution < -0.4 is 5.32 Å². The Hall–Kier alpha value is -0.570. The molecule has 1 saturated carbocycles. The summed E-state index contributed by atoms with van der Waals surface area (Å²) in [4.78, 5) is 14.5. The molecule has 98 valence electrons. The van der Waals surface area contributed by atoms with E-state index in [9.17, 15) is 4.79 Å². The van der Waals surface area contributed by atoms with Crippen molar-refractivity contribution in [2.75, 3.05) is 19.6 Å². The monoisotopic (exact) mass is 238 g/mol. The second kappa shape index (κ2) is 6.39. The van der Waals surface area contributed by atoms with Gasteiger partial charge in [0.25, 0.3) is 0 Å². The molecule has 17 heavy (non-hydrogen) atoms. The van der Waals surface area contributed by atoms with Crippen molar-refractivity contribution < 1.29 is 4.79 Å². The van der Waals surface area contributed by atoms with Crippen LogP contribution in [-0.4, -0.2) is 36.5 Å². The van der Waals surface area contributed by atoms with Crippen LogP contribution in [0.2, 0.25) is 0 Å². The molecule has 1 amide bonds. The number of nitrogens with zero attached hydrogens (tertiary/aromatic N) is 1. The molecule has 0 aromatic rings. The minimum atomic E-state index is 0.396. The van der Waals surface area contributed by atoms with E-state index in [1.165, 1.54) is 38.5 Å². The molecule has 1 N–H and O–H groups in total. The fraction of sp³-hybridized carbons (Fsp3) is 0.929. The van der Waals surface area contributed by atoms with Gasteiger partial charge in [-0.05, 0) is 45.2 Å². The summed E-state index contributed by atoms with van der Waals surface area (Å²) in [7, 11) is 0. The number of amides is 1. The largest absolute Gasteiger partial charge is 0.340 e. The van der Waals surface area contributed by atoms with Gasteiger partial charge in [0.15, 0.2) is 0 Å². The topological polar surface area (TPSA) is 32.3 Å². The van der Waals surface area contributed by atoms with Gasteiger partial charge >= 0.3 is 0 Å².